The van der Waals surface area contributed by atoms with Gasteiger partial charge in [0.05, 0.1) is 6.61 Å². The van der Waals surface area contributed by atoms with Crippen molar-refractivity contribution in [2.45, 2.75) is 104 Å². The van der Waals surface area contributed by atoms with Crippen molar-refractivity contribution in [1.29, 1.82) is 0 Å². The third kappa shape index (κ3) is 3.86. The van der Waals surface area contributed by atoms with Gasteiger partial charge in [-0.05, 0) is 88.0 Å². The zero-order valence-electron chi connectivity index (χ0n) is 22.4. The minimum Gasteiger partial charge on any atom is -0.367 e. The van der Waals surface area contributed by atoms with Crippen molar-refractivity contribution in [2.24, 2.45) is 28.6 Å². The van der Waals surface area contributed by atoms with Gasteiger partial charge in [-0.1, -0.05) is 55.3 Å². The number of hydrogen-bond donors (Lipinski definition) is 1. The number of benzene rings is 1. The molecule has 0 saturated heterocycles. The topological polar surface area (TPSA) is 55.8 Å². The molecule has 0 amide bonds. The number of carbonyl (C=O) groups is 1. The van der Waals surface area contributed by atoms with E-state index in [1.54, 1.807) is 6.92 Å². The summed E-state index contributed by atoms with van der Waals surface area (Å²) < 4.78 is 12.5. The Hall–Kier alpha value is -1.49. The summed E-state index contributed by atoms with van der Waals surface area (Å²) in [7, 11) is 0. The standard InChI is InChI=1S/C31H44O4/c1-6-34-31(22(3)32)16-14-27-25-12-11-24-19-30(33,35-20-23-9-7-21(2)8-10-23)18-17-28(24,4)26(25)13-15-29(27,31)5/h7-11,25-27,33H,6,12-20H2,1-5H3/t25?,26?,27?,28-,29-,30-,31+/m0/s1. The summed E-state index contributed by atoms with van der Waals surface area (Å²) >= 11 is 0. The van der Waals surface area contributed by atoms with Crippen LogP contribution in [0.1, 0.15) is 90.2 Å². The van der Waals surface area contributed by atoms with Gasteiger partial charge in [-0.3, -0.25) is 4.79 Å². The molecule has 0 spiro atoms. The number of Topliss-reactive ketones (excluding diaryl/α,β-unsaturated/α-hetero) is 1. The fourth-order valence-corrected chi connectivity index (χ4v) is 8.80. The molecule has 0 aliphatic heterocycles. The molecule has 4 aliphatic rings. The SMILES string of the molecule is CCO[C@@]1(C(C)=O)CCC2C3CC=C4C[C@@](O)(OCc5ccc(C)cc5)CC[C@]4(C)C3CC[C@@]21C. The van der Waals surface area contributed by atoms with Gasteiger partial charge in [-0.15, -0.1) is 0 Å². The van der Waals surface area contributed by atoms with E-state index in [0.717, 1.165) is 44.1 Å². The third-order valence-corrected chi connectivity index (χ3v) is 10.8. The van der Waals surface area contributed by atoms with Crippen molar-refractivity contribution in [3.05, 3.63) is 47.0 Å². The van der Waals surface area contributed by atoms with Crippen molar-refractivity contribution < 1.29 is 19.4 Å². The molecule has 4 heteroatoms. The highest BCUT2D eigenvalue weighted by atomic mass is 16.6. The molecule has 4 nitrogen and oxygen atoms in total. The van der Waals surface area contributed by atoms with Crippen molar-refractivity contribution in [1.82, 2.24) is 0 Å². The van der Waals surface area contributed by atoms with Crippen LogP contribution >= 0.6 is 0 Å². The lowest BCUT2D eigenvalue weighted by Gasteiger charge is -2.60. The highest BCUT2D eigenvalue weighted by Gasteiger charge is 2.66. The van der Waals surface area contributed by atoms with Crippen molar-refractivity contribution in [2.75, 3.05) is 6.61 Å². The third-order valence-electron chi connectivity index (χ3n) is 10.8. The monoisotopic (exact) mass is 480 g/mol. The number of aliphatic hydroxyl groups is 1. The summed E-state index contributed by atoms with van der Waals surface area (Å²) in [6, 6.07) is 8.35. The maximum absolute atomic E-state index is 12.9. The van der Waals surface area contributed by atoms with Crippen LogP contribution in [0.2, 0.25) is 0 Å². The second-order valence-electron chi connectivity index (χ2n) is 12.5. The van der Waals surface area contributed by atoms with Gasteiger partial charge in [0, 0.05) is 24.9 Å². The zero-order valence-corrected chi connectivity index (χ0v) is 22.4. The molecule has 1 aromatic rings. The minimum atomic E-state index is -1.08. The van der Waals surface area contributed by atoms with Crippen LogP contribution in [0.15, 0.2) is 35.9 Å². The Morgan fingerprint density at radius 2 is 1.74 bits per heavy atom. The fraction of sp³-hybridized carbons (Fsp3) is 0.710. The van der Waals surface area contributed by atoms with Gasteiger partial charge in [0.2, 0.25) is 0 Å². The van der Waals surface area contributed by atoms with Crippen molar-refractivity contribution in [3.63, 3.8) is 0 Å². The van der Waals surface area contributed by atoms with E-state index in [4.69, 9.17) is 9.47 Å². The second-order valence-corrected chi connectivity index (χ2v) is 12.5. The number of hydrogen-bond acceptors (Lipinski definition) is 4. The first kappa shape index (κ1) is 25.2. The Balaban J connectivity index is 1.35. The molecule has 5 rings (SSSR count). The average Bonchev–Trinajstić information content (AvgIpc) is 3.13. The molecular formula is C31H44O4. The summed E-state index contributed by atoms with van der Waals surface area (Å²) in [4.78, 5) is 12.9. The molecule has 35 heavy (non-hydrogen) atoms. The molecule has 0 bridgehead atoms. The van der Waals surface area contributed by atoms with Crippen LogP contribution in [-0.2, 0) is 20.9 Å². The van der Waals surface area contributed by atoms with Gasteiger partial charge in [-0.25, -0.2) is 0 Å². The molecule has 1 N–H and O–H groups in total. The quantitative estimate of drug-likeness (QED) is 0.372. The van der Waals surface area contributed by atoms with E-state index >= 15 is 0 Å². The molecule has 0 aromatic heterocycles. The highest BCUT2D eigenvalue weighted by Crippen LogP contribution is 2.68. The number of fused-ring (bicyclic) bond motifs is 5. The van der Waals surface area contributed by atoms with E-state index < -0.39 is 11.4 Å². The number of allylic oxidation sites excluding steroid dienone is 1. The Morgan fingerprint density at radius 1 is 1.03 bits per heavy atom. The van der Waals surface area contributed by atoms with E-state index in [1.165, 1.54) is 11.1 Å². The van der Waals surface area contributed by atoms with Crippen LogP contribution in [0, 0.1) is 35.5 Å². The smallest absolute Gasteiger partial charge is 0.169 e. The van der Waals surface area contributed by atoms with Gasteiger partial charge in [0.1, 0.15) is 5.60 Å². The molecule has 192 valence electrons. The molecule has 1 aromatic carbocycles. The first-order valence-corrected chi connectivity index (χ1v) is 13.8. The van der Waals surface area contributed by atoms with Crippen LogP contribution in [0.5, 0.6) is 0 Å². The Bertz CT molecular complexity index is 998. The summed E-state index contributed by atoms with van der Waals surface area (Å²) in [5, 5.41) is 11.4. The van der Waals surface area contributed by atoms with Gasteiger partial charge < -0.3 is 14.6 Å². The Labute approximate surface area is 211 Å². The van der Waals surface area contributed by atoms with E-state index in [0.29, 0.717) is 43.8 Å². The molecule has 0 heterocycles. The Morgan fingerprint density at radius 3 is 2.43 bits per heavy atom. The van der Waals surface area contributed by atoms with Crippen molar-refractivity contribution >= 4 is 5.78 Å². The van der Waals surface area contributed by atoms with Crippen LogP contribution in [-0.4, -0.2) is 28.9 Å². The lowest BCUT2D eigenvalue weighted by Crippen LogP contribution is -2.58. The van der Waals surface area contributed by atoms with E-state index in [9.17, 15) is 9.90 Å². The molecule has 3 unspecified atom stereocenters. The number of aryl methyl sites for hydroxylation is 1. The van der Waals surface area contributed by atoms with Gasteiger partial charge >= 0.3 is 0 Å². The molecular weight excluding hydrogens is 436 g/mol. The zero-order chi connectivity index (χ0) is 25.1. The largest absolute Gasteiger partial charge is 0.367 e. The first-order chi connectivity index (χ1) is 16.6. The van der Waals surface area contributed by atoms with Crippen LogP contribution in [0.4, 0.5) is 0 Å². The fourth-order valence-electron chi connectivity index (χ4n) is 8.80. The summed E-state index contributed by atoms with van der Waals surface area (Å²) in [6.07, 6.45) is 9.85. The molecule has 0 radical (unpaired) electrons. The van der Waals surface area contributed by atoms with E-state index in [2.05, 4.69) is 51.1 Å². The van der Waals surface area contributed by atoms with E-state index in [-0.39, 0.29) is 16.6 Å². The van der Waals surface area contributed by atoms with Crippen LogP contribution < -0.4 is 0 Å². The van der Waals surface area contributed by atoms with Gasteiger partial charge in [-0.2, -0.15) is 0 Å². The van der Waals surface area contributed by atoms with Crippen LogP contribution in [0.25, 0.3) is 0 Å². The maximum Gasteiger partial charge on any atom is 0.169 e. The minimum absolute atomic E-state index is 0.0791. The predicted octanol–water partition coefficient (Wildman–Crippen LogP) is 6.53. The highest BCUT2D eigenvalue weighted by molar-refractivity contribution is 5.86. The number of ether oxygens (including phenoxy) is 2. The number of ketones is 1. The van der Waals surface area contributed by atoms with Gasteiger partial charge in [0.25, 0.3) is 0 Å². The second kappa shape index (κ2) is 8.82. The summed E-state index contributed by atoms with van der Waals surface area (Å²) in [5.74, 6) is 0.841. The number of rotatable bonds is 6. The Kier molecular flexibility index (Phi) is 6.34. The maximum atomic E-state index is 12.9. The van der Waals surface area contributed by atoms with Crippen molar-refractivity contribution in [3.8, 4) is 0 Å². The molecule has 4 aliphatic carbocycles. The van der Waals surface area contributed by atoms with Gasteiger partial charge in [0.15, 0.2) is 11.6 Å². The predicted molar refractivity (Wildman–Crippen MR) is 138 cm³/mol. The molecule has 3 fully saturated rings. The molecule has 3 saturated carbocycles. The first-order valence-electron chi connectivity index (χ1n) is 13.8. The normalized spacial score (nSPS) is 42.6. The lowest BCUT2D eigenvalue weighted by molar-refractivity contribution is -0.232. The van der Waals surface area contributed by atoms with Crippen LogP contribution in [0.3, 0.4) is 0 Å². The average molecular weight is 481 g/mol. The number of carbonyl (C=O) groups excluding carboxylic acids is 1. The summed E-state index contributed by atoms with van der Waals surface area (Å²) in [6.45, 7) is 11.7. The lowest BCUT2D eigenvalue weighted by atomic mass is 9.46. The van der Waals surface area contributed by atoms with E-state index in [1.807, 2.05) is 6.92 Å². The summed E-state index contributed by atoms with van der Waals surface area (Å²) in [5.41, 5.74) is 3.14. The molecule has 7 atom stereocenters.